The van der Waals surface area contributed by atoms with Gasteiger partial charge in [0.2, 0.25) is 0 Å². The molecule has 1 N–H and O–H groups in total. The third kappa shape index (κ3) is 2.68. The first-order chi connectivity index (χ1) is 6.34. The molecule has 2 heterocycles. The van der Waals surface area contributed by atoms with Crippen LogP contribution in [0, 0.1) is 11.8 Å². The van der Waals surface area contributed by atoms with Gasteiger partial charge in [-0.15, -0.1) is 0 Å². The third-order valence-corrected chi connectivity index (χ3v) is 3.36. The summed E-state index contributed by atoms with van der Waals surface area (Å²) in [5.41, 5.74) is 0. The van der Waals surface area contributed by atoms with Crippen molar-refractivity contribution in [3.05, 3.63) is 0 Å². The molecule has 76 valence electrons. The Balaban J connectivity index is 1.71. The summed E-state index contributed by atoms with van der Waals surface area (Å²) in [6.45, 7) is 5.54. The van der Waals surface area contributed by atoms with E-state index in [2.05, 4.69) is 12.2 Å². The molecule has 2 heteroatoms. The van der Waals surface area contributed by atoms with Gasteiger partial charge in [0.25, 0.3) is 0 Å². The Bertz CT molecular complexity index is 151. The largest absolute Gasteiger partial charge is 0.381 e. The molecule has 2 nitrogen and oxygen atoms in total. The molecule has 2 rings (SSSR count). The smallest absolute Gasteiger partial charge is 0.0494 e. The molecule has 0 radical (unpaired) electrons. The van der Waals surface area contributed by atoms with E-state index >= 15 is 0 Å². The Labute approximate surface area is 81.0 Å². The topological polar surface area (TPSA) is 21.3 Å². The van der Waals surface area contributed by atoms with Crippen LogP contribution in [0.5, 0.6) is 0 Å². The van der Waals surface area contributed by atoms with Crippen molar-refractivity contribution in [1.29, 1.82) is 0 Å². The Morgan fingerprint density at radius 1 is 1.38 bits per heavy atom. The van der Waals surface area contributed by atoms with E-state index in [1.807, 2.05) is 0 Å². The standard InChI is InChI=1S/C11H21NO/c1-9-5-11(7-12-9)6-10-3-2-4-13-8-10/h9-12H,2-8H2,1H3. The van der Waals surface area contributed by atoms with Crippen LogP contribution in [-0.2, 0) is 4.74 Å². The zero-order valence-electron chi connectivity index (χ0n) is 8.59. The predicted molar refractivity (Wildman–Crippen MR) is 53.7 cm³/mol. The maximum atomic E-state index is 5.50. The molecule has 0 aromatic heterocycles. The van der Waals surface area contributed by atoms with Gasteiger partial charge in [-0.25, -0.2) is 0 Å². The second-order valence-corrected chi connectivity index (χ2v) is 4.73. The summed E-state index contributed by atoms with van der Waals surface area (Å²) in [6, 6.07) is 0.745. The molecule has 2 aliphatic heterocycles. The first-order valence-electron chi connectivity index (χ1n) is 5.65. The SMILES string of the molecule is CC1CC(CC2CCCOC2)CN1. The fraction of sp³-hybridized carbons (Fsp3) is 1.00. The molecular weight excluding hydrogens is 162 g/mol. The van der Waals surface area contributed by atoms with Crippen LogP contribution in [0.25, 0.3) is 0 Å². The normalized spacial score (nSPS) is 40.8. The van der Waals surface area contributed by atoms with Gasteiger partial charge in [0.05, 0.1) is 0 Å². The van der Waals surface area contributed by atoms with Gasteiger partial charge in [0.15, 0.2) is 0 Å². The van der Waals surface area contributed by atoms with Crippen LogP contribution in [-0.4, -0.2) is 25.8 Å². The Morgan fingerprint density at radius 2 is 2.31 bits per heavy atom. The van der Waals surface area contributed by atoms with E-state index < -0.39 is 0 Å². The van der Waals surface area contributed by atoms with E-state index in [1.165, 1.54) is 32.2 Å². The summed E-state index contributed by atoms with van der Waals surface area (Å²) in [5, 5.41) is 3.52. The van der Waals surface area contributed by atoms with Gasteiger partial charge in [-0.1, -0.05) is 0 Å². The highest BCUT2D eigenvalue weighted by atomic mass is 16.5. The zero-order valence-corrected chi connectivity index (χ0v) is 8.59. The Morgan fingerprint density at radius 3 is 2.92 bits per heavy atom. The molecule has 2 fully saturated rings. The van der Waals surface area contributed by atoms with Crippen LogP contribution in [0.1, 0.15) is 32.6 Å². The minimum absolute atomic E-state index is 0.745. The van der Waals surface area contributed by atoms with Crippen LogP contribution in [0.4, 0.5) is 0 Å². The van der Waals surface area contributed by atoms with Gasteiger partial charge >= 0.3 is 0 Å². The molecule has 0 bridgehead atoms. The van der Waals surface area contributed by atoms with Crippen molar-refractivity contribution in [1.82, 2.24) is 5.32 Å². The van der Waals surface area contributed by atoms with Crippen LogP contribution >= 0.6 is 0 Å². The van der Waals surface area contributed by atoms with Crippen LogP contribution in [0.15, 0.2) is 0 Å². The van der Waals surface area contributed by atoms with Crippen molar-refractivity contribution < 1.29 is 4.74 Å². The molecule has 0 aromatic carbocycles. The van der Waals surface area contributed by atoms with Crippen molar-refractivity contribution in [2.75, 3.05) is 19.8 Å². The Hall–Kier alpha value is -0.0800. The van der Waals surface area contributed by atoms with E-state index in [1.54, 1.807) is 0 Å². The second kappa shape index (κ2) is 4.43. The average Bonchev–Trinajstić information content (AvgIpc) is 2.53. The molecular formula is C11H21NO. The van der Waals surface area contributed by atoms with Crippen LogP contribution in [0.3, 0.4) is 0 Å². The zero-order chi connectivity index (χ0) is 9.10. The van der Waals surface area contributed by atoms with Gasteiger partial charge in [0, 0.05) is 19.3 Å². The van der Waals surface area contributed by atoms with E-state index in [0.29, 0.717) is 0 Å². The monoisotopic (exact) mass is 183 g/mol. The lowest BCUT2D eigenvalue weighted by Gasteiger charge is -2.24. The summed E-state index contributed by atoms with van der Waals surface area (Å²) >= 11 is 0. The van der Waals surface area contributed by atoms with Gasteiger partial charge < -0.3 is 10.1 Å². The summed E-state index contributed by atoms with van der Waals surface area (Å²) < 4.78 is 5.50. The molecule has 2 saturated heterocycles. The van der Waals surface area contributed by atoms with E-state index in [-0.39, 0.29) is 0 Å². The second-order valence-electron chi connectivity index (χ2n) is 4.73. The van der Waals surface area contributed by atoms with E-state index in [4.69, 9.17) is 4.74 Å². The molecule has 0 spiro atoms. The highest BCUT2D eigenvalue weighted by molar-refractivity contribution is 4.80. The quantitative estimate of drug-likeness (QED) is 0.705. The maximum Gasteiger partial charge on any atom is 0.0494 e. The van der Waals surface area contributed by atoms with Crippen LogP contribution in [0.2, 0.25) is 0 Å². The average molecular weight is 183 g/mol. The lowest BCUT2D eigenvalue weighted by Crippen LogP contribution is -2.21. The lowest BCUT2D eigenvalue weighted by atomic mass is 9.89. The van der Waals surface area contributed by atoms with Crippen molar-refractivity contribution in [2.45, 2.75) is 38.6 Å². The highest BCUT2D eigenvalue weighted by Gasteiger charge is 2.24. The summed E-state index contributed by atoms with van der Waals surface area (Å²) in [6.07, 6.45) is 5.43. The maximum absolute atomic E-state index is 5.50. The van der Waals surface area contributed by atoms with Gasteiger partial charge in [-0.3, -0.25) is 0 Å². The molecule has 3 atom stereocenters. The first kappa shape index (κ1) is 9.47. The number of nitrogens with one attached hydrogen (secondary N) is 1. The highest BCUT2D eigenvalue weighted by Crippen LogP contribution is 2.26. The van der Waals surface area contributed by atoms with E-state index in [0.717, 1.165) is 31.1 Å². The molecule has 0 amide bonds. The summed E-state index contributed by atoms with van der Waals surface area (Å²) in [7, 11) is 0. The number of hydrogen-bond acceptors (Lipinski definition) is 2. The molecule has 3 unspecified atom stereocenters. The van der Waals surface area contributed by atoms with Gasteiger partial charge in [0.1, 0.15) is 0 Å². The van der Waals surface area contributed by atoms with Crippen molar-refractivity contribution in [3.63, 3.8) is 0 Å². The fourth-order valence-electron chi connectivity index (χ4n) is 2.68. The number of hydrogen-bond donors (Lipinski definition) is 1. The summed E-state index contributed by atoms with van der Waals surface area (Å²) in [4.78, 5) is 0. The number of rotatable bonds is 2. The van der Waals surface area contributed by atoms with Crippen LogP contribution < -0.4 is 5.32 Å². The predicted octanol–water partition coefficient (Wildman–Crippen LogP) is 1.80. The minimum Gasteiger partial charge on any atom is -0.381 e. The van der Waals surface area contributed by atoms with Gasteiger partial charge in [-0.2, -0.15) is 0 Å². The number of ether oxygens (including phenoxy) is 1. The first-order valence-corrected chi connectivity index (χ1v) is 5.65. The summed E-state index contributed by atoms with van der Waals surface area (Å²) in [5.74, 6) is 1.77. The van der Waals surface area contributed by atoms with Crippen molar-refractivity contribution in [3.8, 4) is 0 Å². The molecule has 2 aliphatic rings. The third-order valence-electron chi connectivity index (χ3n) is 3.36. The molecule has 0 aliphatic carbocycles. The molecule has 0 aromatic rings. The molecule has 13 heavy (non-hydrogen) atoms. The molecule has 0 saturated carbocycles. The van der Waals surface area contributed by atoms with Crippen molar-refractivity contribution >= 4 is 0 Å². The van der Waals surface area contributed by atoms with Crippen molar-refractivity contribution in [2.24, 2.45) is 11.8 Å². The Kier molecular flexibility index (Phi) is 3.23. The van der Waals surface area contributed by atoms with E-state index in [9.17, 15) is 0 Å². The fourth-order valence-corrected chi connectivity index (χ4v) is 2.68. The minimum atomic E-state index is 0.745. The lowest BCUT2D eigenvalue weighted by molar-refractivity contribution is 0.0460. The van der Waals surface area contributed by atoms with Gasteiger partial charge in [-0.05, 0) is 51.0 Å².